The summed E-state index contributed by atoms with van der Waals surface area (Å²) >= 11 is 0. The van der Waals surface area contributed by atoms with Crippen molar-refractivity contribution in [2.75, 3.05) is 11.9 Å². The summed E-state index contributed by atoms with van der Waals surface area (Å²) < 4.78 is 0. The number of amides is 2. The molecule has 110 valence electrons. The van der Waals surface area contributed by atoms with Crippen molar-refractivity contribution in [1.82, 2.24) is 5.32 Å². The summed E-state index contributed by atoms with van der Waals surface area (Å²) in [5.74, 6) is -1.41. The molecule has 1 rings (SSSR count). The Morgan fingerprint density at radius 1 is 1.15 bits per heavy atom. The zero-order valence-electron chi connectivity index (χ0n) is 12.1. The van der Waals surface area contributed by atoms with E-state index in [1.807, 2.05) is 26.8 Å². The zero-order valence-corrected chi connectivity index (χ0v) is 12.1. The summed E-state index contributed by atoms with van der Waals surface area (Å²) in [5, 5.41) is 14.8. The fourth-order valence-corrected chi connectivity index (χ4v) is 1.55. The Hall–Kier alpha value is -1.88. The Labute approximate surface area is 119 Å². The largest absolute Gasteiger partial charge is 0.393 e. The van der Waals surface area contributed by atoms with Crippen molar-refractivity contribution in [3.8, 4) is 0 Å². The van der Waals surface area contributed by atoms with Crippen LogP contribution in [0, 0.1) is 5.41 Å². The highest BCUT2D eigenvalue weighted by molar-refractivity contribution is 6.39. The highest BCUT2D eigenvalue weighted by Crippen LogP contribution is 2.20. The third kappa shape index (κ3) is 5.40. The number of carbonyl (C=O) groups excluding carboxylic acids is 2. The first kappa shape index (κ1) is 16.2. The van der Waals surface area contributed by atoms with Gasteiger partial charge < -0.3 is 15.7 Å². The average molecular weight is 278 g/mol. The lowest BCUT2D eigenvalue weighted by Gasteiger charge is -2.25. The Kier molecular flexibility index (Phi) is 5.70. The number of aliphatic hydroxyl groups is 1. The van der Waals surface area contributed by atoms with Crippen LogP contribution in [0.4, 0.5) is 5.69 Å². The monoisotopic (exact) mass is 278 g/mol. The van der Waals surface area contributed by atoms with Crippen LogP contribution in [0.1, 0.15) is 27.2 Å². The van der Waals surface area contributed by atoms with Crippen molar-refractivity contribution in [1.29, 1.82) is 0 Å². The SMILES string of the molecule is CC(C)(C)[C@H](O)CCNC(=O)C(=O)Nc1ccccc1. The van der Waals surface area contributed by atoms with E-state index in [0.29, 0.717) is 12.1 Å². The molecule has 2 amide bonds. The molecule has 5 nitrogen and oxygen atoms in total. The average Bonchev–Trinajstić information content (AvgIpc) is 2.38. The fourth-order valence-electron chi connectivity index (χ4n) is 1.55. The molecule has 0 aromatic heterocycles. The first-order chi connectivity index (χ1) is 9.30. The van der Waals surface area contributed by atoms with E-state index in [9.17, 15) is 14.7 Å². The number of para-hydroxylation sites is 1. The van der Waals surface area contributed by atoms with Gasteiger partial charge in [0.1, 0.15) is 0 Å². The lowest BCUT2D eigenvalue weighted by atomic mass is 9.87. The fraction of sp³-hybridized carbons (Fsp3) is 0.467. The number of aliphatic hydroxyl groups excluding tert-OH is 1. The van der Waals surface area contributed by atoms with E-state index in [0.717, 1.165) is 0 Å². The number of nitrogens with one attached hydrogen (secondary N) is 2. The Bertz CT molecular complexity index is 452. The first-order valence-electron chi connectivity index (χ1n) is 6.63. The molecule has 0 saturated carbocycles. The minimum absolute atomic E-state index is 0.239. The molecule has 0 unspecified atom stereocenters. The van der Waals surface area contributed by atoms with Gasteiger partial charge in [-0.25, -0.2) is 0 Å². The third-order valence-electron chi connectivity index (χ3n) is 2.94. The topological polar surface area (TPSA) is 78.4 Å². The lowest BCUT2D eigenvalue weighted by molar-refractivity contribution is -0.136. The van der Waals surface area contributed by atoms with Crippen molar-refractivity contribution in [3.63, 3.8) is 0 Å². The van der Waals surface area contributed by atoms with Crippen LogP contribution in [0.2, 0.25) is 0 Å². The molecule has 0 bridgehead atoms. The first-order valence-corrected chi connectivity index (χ1v) is 6.63. The molecule has 0 aliphatic carbocycles. The summed E-state index contributed by atoms with van der Waals surface area (Å²) in [5.41, 5.74) is 0.333. The van der Waals surface area contributed by atoms with Gasteiger partial charge in [-0.15, -0.1) is 0 Å². The van der Waals surface area contributed by atoms with Gasteiger partial charge >= 0.3 is 11.8 Å². The van der Waals surface area contributed by atoms with Crippen molar-refractivity contribution in [2.45, 2.75) is 33.3 Å². The molecule has 0 saturated heterocycles. The van der Waals surface area contributed by atoms with E-state index >= 15 is 0 Å². The van der Waals surface area contributed by atoms with Crippen LogP contribution in [0.5, 0.6) is 0 Å². The van der Waals surface area contributed by atoms with Crippen LogP contribution in [-0.4, -0.2) is 29.6 Å². The van der Waals surface area contributed by atoms with Crippen molar-refractivity contribution >= 4 is 17.5 Å². The van der Waals surface area contributed by atoms with Crippen molar-refractivity contribution in [3.05, 3.63) is 30.3 Å². The Morgan fingerprint density at radius 3 is 2.30 bits per heavy atom. The maximum absolute atomic E-state index is 11.6. The number of benzene rings is 1. The zero-order chi connectivity index (χ0) is 15.2. The molecule has 3 N–H and O–H groups in total. The summed E-state index contributed by atoms with van der Waals surface area (Å²) in [6.07, 6.45) is -0.117. The van der Waals surface area contributed by atoms with Gasteiger partial charge in [0.15, 0.2) is 0 Å². The predicted molar refractivity (Wildman–Crippen MR) is 78.2 cm³/mol. The highest BCUT2D eigenvalue weighted by Gasteiger charge is 2.22. The van der Waals surface area contributed by atoms with E-state index in [1.165, 1.54) is 0 Å². The highest BCUT2D eigenvalue weighted by atomic mass is 16.3. The van der Waals surface area contributed by atoms with Crippen LogP contribution < -0.4 is 10.6 Å². The molecule has 1 aromatic rings. The quantitative estimate of drug-likeness (QED) is 0.731. The Balaban J connectivity index is 2.34. The molecule has 20 heavy (non-hydrogen) atoms. The molecule has 0 fully saturated rings. The van der Waals surface area contributed by atoms with Crippen LogP contribution in [-0.2, 0) is 9.59 Å². The maximum atomic E-state index is 11.6. The lowest BCUT2D eigenvalue weighted by Crippen LogP contribution is -2.38. The van der Waals surface area contributed by atoms with E-state index < -0.39 is 17.9 Å². The van der Waals surface area contributed by atoms with Gasteiger partial charge in [0.25, 0.3) is 0 Å². The molecule has 5 heteroatoms. The molecule has 0 aliphatic rings. The number of anilines is 1. The number of rotatable bonds is 4. The summed E-state index contributed by atoms with van der Waals surface area (Å²) in [4.78, 5) is 23.2. The molecule has 0 spiro atoms. The van der Waals surface area contributed by atoms with Gasteiger partial charge in [-0.1, -0.05) is 39.0 Å². The van der Waals surface area contributed by atoms with E-state index in [-0.39, 0.29) is 12.0 Å². The summed E-state index contributed by atoms with van der Waals surface area (Å²) in [6.45, 7) is 6.02. The minimum atomic E-state index is -0.707. The molecule has 0 radical (unpaired) electrons. The summed E-state index contributed by atoms with van der Waals surface area (Å²) in [7, 11) is 0. The Morgan fingerprint density at radius 2 is 1.75 bits per heavy atom. The molecule has 1 aromatic carbocycles. The van der Waals surface area contributed by atoms with Gasteiger partial charge in [0.2, 0.25) is 0 Å². The predicted octanol–water partition coefficient (Wildman–Crippen LogP) is 1.54. The minimum Gasteiger partial charge on any atom is -0.393 e. The van der Waals surface area contributed by atoms with Gasteiger partial charge in [0, 0.05) is 12.2 Å². The summed E-state index contributed by atoms with van der Waals surface area (Å²) in [6, 6.07) is 8.77. The number of hydrogen-bond acceptors (Lipinski definition) is 3. The smallest absolute Gasteiger partial charge is 0.313 e. The molecule has 0 aliphatic heterocycles. The second-order valence-electron chi connectivity index (χ2n) is 5.75. The van der Waals surface area contributed by atoms with Crippen LogP contribution in [0.15, 0.2) is 30.3 Å². The van der Waals surface area contributed by atoms with Gasteiger partial charge in [0.05, 0.1) is 6.10 Å². The third-order valence-corrected chi connectivity index (χ3v) is 2.94. The van der Waals surface area contributed by atoms with Crippen LogP contribution in [0.25, 0.3) is 0 Å². The van der Waals surface area contributed by atoms with Gasteiger partial charge in [-0.3, -0.25) is 9.59 Å². The van der Waals surface area contributed by atoms with Crippen molar-refractivity contribution < 1.29 is 14.7 Å². The standard InChI is InChI=1S/C15H22N2O3/c1-15(2,3)12(18)9-10-16-13(19)14(20)17-11-7-5-4-6-8-11/h4-8,12,18H,9-10H2,1-3H3,(H,16,19)(H,17,20)/t12-/m1/s1. The van der Waals surface area contributed by atoms with Gasteiger partial charge in [-0.2, -0.15) is 0 Å². The van der Waals surface area contributed by atoms with Crippen LogP contribution in [0.3, 0.4) is 0 Å². The maximum Gasteiger partial charge on any atom is 0.313 e. The second-order valence-corrected chi connectivity index (χ2v) is 5.75. The van der Waals surface area contributed by atoms with E-state index in [1.54, 1.807) is 24.3 Å². The molecule has 1 atom stereocenters. The number of carbonyl (C=O) groups is 2. The van der Waals surface area contributed by atoms with Gasteiger partial charge in [-0.05, 0) is 24.0 Å². The van der Waals surface area contributed by atoms with Crippen molar-refractivity contribution in [2.24, 2.45) is 5.41 Å². The van der Waals surface area contributed by atoms with E-state index in [4.69, 9.17) is 0 Å². The molecular weight excluding hydrogens is 256 g/mol. The molecule has 0 heterocycles. The van der Waals surface area contributed by atoms with Crippen LogP contribution >= 0.6 is 0 Å². The normalized spacial score (nSPS) is 12.6. The second kappa shape index (κ2) is 7.05. The number of hydrogen-bond donors (Lipinski definition) is 3. The van der Waals surface area contributed by atoms with E-state index in [2.05, 4.69) is 10.6 Å². The molecular formula is C15H22N2O3.